The number of likely N-dealkylation sites (N-methyl/N-ethyl adjacent to an activating group) is 1. The van der Waals surface area contributed by atoms with E-state index >= 15 is 0 Å². The first kappa shape index (κ1) is 17.1. The molecule has 0 aliphatic rings. The predicted octanol–water partition coefficient (Wildman–Crippen LogP) is 3.75. The lowest BCUT2D eigenvalue weighted by molar-refractivity contribution is -0.137. The summed E-state index contributed by atoms with van der Waals surface area (Å²) in [6, 6.07) is 12.8. The Labute approximate surface area is 133 Å². The number of alkyl halides is 3. The molecule has 0 spiro atoms. The van der Waals surface area contributed by atoms with Crippen LogP contribution in [-0.4, -0.2) is 25.3 Å². The predicted molar refractivity (Wildman–Crippen MR) is 85.6 cm³/mol. The monoisotopic (exact) mass is 324 g/mol. The second-order valence-electron chi connectivity index (χ2n) is 5.24. The normalized spacial score (nSPS) is 11.3. The molecule has 0 fully saturated rings. The molecule has 0 saturated heterocycles. The van der Waals surface area contributed by atoms with Crippen molar-refractivity contribution in [2.24, 2.45) is 0 Å². The molecule has 2 rings (SSSR count). The van der Waals surface area contributed by atoms with E-state index < -0.39 is 11.7 Å². The molecule has 124 valence electrons. The fraction of sp³-hybridized carbons (Fsp3) is 0.294. The Hall–Kier alpha value is -2.21. The van der Waals surface area contributed by atoms with Crippen molar-refractivity contribution in [3.05, 3.63) is 59.7 Å². The van der Waals surface area contributed by atoms with E-state index in [4.69, 9.17) is 5.11 Å². The lowest BCUT2D eigenvalue weighted by atomic mass is 10.1. The maximum atomic E-state index is 12.7. The van der Waals surface area contributed by atoms with Gasteiger partial charge in [-0.1, -0.05) is 12.1 Å². The second-order valence-corrected chi connectivity index (χ2v) is 5.24. The van der Waals surface area contributed by atoms with E-state index in [-0.39, 0.29) is 6.61 Å². The third-order valence-corrected chi connectivity index (χ3v) is 3.49. The number of rotatable bonds is 6. The van der Waals surface area contributed by atoms with Crippen LogP contribution in [0.5, 0.6) is 0 Å². The molecule has 0 amide bonds. The standard InChI is InChI=1S/C17H19F3N2O/c1-22(9-10-23)16-7-5-15(6-8-16)21-12-13-3-2-4-14(11-13)17(18,19)20/h2-8,11,21,23H,9-10,12H2,1H3. The lowest BCUT2D eigenvalue weighted by Crippen LogP contribution is -2.20. The maximum Gasteiger partial charge on any atom is 0.416 e. The number of benzene rings is 2. The van der Waals surface area contributed by atoms with Gasteiger partial charge < -0.3 is 15.3 Å². The smallest absolute Gasteiger partial charge is 0.395 e. The molecule has 2 aromatic carbocycles. The molecule has 0 aliphatic heterocycles. The van der Waals surface area contributed by atoms with Crippen LogP contribution in [0.1, 0.15) is 11.1 Å². The van der Waals surface area contributed by atoms with Crippen LogP contribution in [0.15, 0.2) is 48.5 Å². The third-order valence-electron chi connectivity index (χ3n) is 3.49. The Morgan fingerprint density at radius 2 is 1.78 bits per heavy atom. The first-order valence-corrected chi connectivity index (χ1v) is 7.22. The summed E-state index contributed by atoms with van der Waals surface area (Å²) in [4.78, 5) is 1.91. The van der Waals surface area contributed by atoms with Crippen molar-refractivity contribution < 1.29 is 18.3 Å². The van der Waals surface area contributed by atoms with Gasteiger partial charge in [-0.3, -0.25) is 0 Å². The second kappa shape index (κ2) is 7.37. The van der Waals surface area contributed by atoms with E-state index in [9.17, 15) is 13.2 Å². The van der Waals surface area contributed by atoms with Crippen molar-refractivity contribution in [2.45, 2.75) is 12.7 Å². The minimum Gasteiger partial charge on any atom is -0.395 e. The number of anilines is 2. The van der Waals surface area contributed by atoms with Crippen LogP contribution in [0.25, 0.3) is 0 Å². The number of nitrogens with zero attached hydrogens (tertiary/aromatic N) is 1. The zero-order chi connectivity index (χ0) is 16.9. The molecule has 6 heteroatoms. The van der Waals surface area contributed by atoms with Gasteiger partial charge in [0.25, 0.3) is 0 Å². The molecular weight excluding hydrogens is 305 g/mol. The highest BCUT2D eigenvalue weighted by Crippen LogP contribution is 2.29. The highest BCUT2D eigenvalue weighted by molar-refractivity contribution is 5.55. The quantitative estimate of drug-likeness (QED) is 0.849. The van der Waals surface area contributed by atoms with Gasteiger partial charge in [-0.2, -0.15) is 13.2 Å². The number of hydrogen-bond acceptors (Lipinski definition) is 3. The summed E-state index contributed by atoms with van der Waals surface area (Å²) in [6.45, 7) is 0.929. The van der Waals surface area contributed by atoms with Crippen LogP contribution in [0, 0.1) is 0 Å². The fourth-order valence-electron chi connectivity index (χ4n) is 2.17. The number of nitrogens with one attached hydrogen (secondary N) is 1. The van der Waals surface area contributed by atoms with Crippen molar-refractivity contribution >= 4 is 11.4 Å². The number of aliphatic hydroxyl groups is 1. The van der Waals surface area contributed by atoms with Crippen molar-refractivity contribution in [2.75, 3.05) is 30.4 Å². The maximum absolute atomic E-state index is 12.7. The summed E-state index contributed by atoms with van der Waals surface area (Å²) in [5, 5.41) is 12.0. The lowest BCUT2D eigenvalue weighted by Gasteiger charge is -2.18. The average Bonchev–Trinajstić information content (AvgIpc) is 2.53. The van der Waals surface area contributed by atoms with Crippen LogP contribution in [0.4, 0.5) is 24.5 Å². The molecule has 0 radical (unpaired) electrons. The molecule has 3 nitrogen and oxygen atoms in total. The molecule has 0 bridgehead atoms. The van der Waals surface area contributed by atoms with Crippen LogP contribution in [-0.2, 0) is 12.7 Å². The van der Waals surface area contributed by atoms with Gasteiger partial charge >= 0.3 is 6.18 Å². The first-order chi connectivity index (χ1) is 10.9. The van der Waals surface area contributed by atoms with E-state index in [1.54, 1.807) is 6.07 Å². The van der Waals surface area contributed by atoms with Gasteiger partial charge in [0, 0.05) is 31.5 Å². The van der Waals surface area contributed by atoms with E-state index in [2.05, 4.69) is 5.32 Å². The first-order valence-electron chi connectivity index (χ1n) is 7.22. The molecule has 0 aromatic heterocycles. The summed E-state index contributed by atoms with van der Waals surface area (Å²) in [5.41, 5.74) is 1.71. The summed E-state index contributed by atoms with van der Waals surface area (Å²) < 4.78 is 38.0. The van der Waals surface area contributed by atoms with E-state index in [0.29, 0.717) is 18.7 Å². The minimum absolute atomic E-state index is 0.0754. The van der Waals surface area contributed by atoms with Crippen molar-refractivity contribution in [3.8, 4) is 0 Å². The van der Waals surface area contributed by atoms with Gasteiger partial charge in [0.15, 0.2) is 0 Å². The van der Waals surface area contributed by atoms with Gasteiger partial charge in [0.1, 0.15) is 0 Å². The Morgan fingerprint density at radius 3 is 2.39 bits per heavy atom. The largest absolute Gasteiger partial charge is 0.416 e. The summed E-state index contributed by atoms with van der Waals surface area (Å²) in [5.74, 6) is 0. The molecule has 0 atom stereocenters. The zero-order valence-electron chi connectivity index (χ0n) is 12.8. The number of aliphatic hydroxyl groups excluding tert-OH is 1. The Morgan fingerprint density at radius 1 is 1.09 bits per heavy atom. The van der Waals surface area contributed by atoms with Crippen molar-refractivity contribution in [1.29, 1.82) is 0 Å². The van der Waals surface area contributed by atoms with Gasteiger partial charge in [-0.15, -0.1) is 0 Å². The van der Waals surface area contributed by atoms with Crippen LogP contribution in [0.3, 0.4) is 0 Å². The molecule has 2 N–H and O–H groups in total. The molecule has 2 aromatic rings. The molecule has 0 saturated carbocycles. The molecule has 0 unspecified atom stereocenters. The Kier molecular flexibility index (Phi) is 5.50. The summed E-state index contributed by atoms with van der Waals surface area (Å²) >= 11 is 0. The minimum atomic E-state index is -4.32. The topological polar surface area (TPSA) is 35.5 Å². The molecular formula is C17H19F3N2O. The van der Waals surface area contributed by atoms with Crippen molar-refractivity contribution in [3.63, 3.8) is 0 Å². The average molecular weight is 324 g/mol. The number of halogens is 3. The molecule has 0 heterocycles. The Balaban J connectivity index is 1.98. The zero-order valence-corrected chi connectivity index (χ0v) is 12.8. The SMILES string of the molecule is CN(CCO)c1ccc(NCc2cccc(C(F)(F)F)c2)cc1. The van der Waals surface area contributed by atoms with E-state index in [1.807, 2.05) is 36.2 Å². The third kappa shape index (κ3) is 4.89. The van der Waals surface area contributed by atoms with Gasteiger partial charge in [-0.25, -0.2) is 0 Å². The van der Waals surface area contributed by atoms with Gasteiger partial charge in [0.05, 0.1) is 12.2 Å². The van der Waals surface area contributed by atoms with Gasteiger partial charge in [-0.05, 0) is 42.0 Å². The van der Waals surface area contributed by atoms with Crippen LogP contribution < -0.4 is 10.2 Å². The highest BCUT2D eigenvalue weighted by atomic mass is 19.4. The molecule has 0 aliphatic carbocycles. The van der Waals surface area contributed by atoms with Gasteiger partial charge in [0.2, 0.25) is 0 Å². The van der Waals surface area contributed by atoms with Crippen LogP contribution >= 0.6 is 0 Å². The Bertz CT molecular complexity index is 626. The van der Waals surface area contributed by atoms with E-state index in [0.717, 1.165) is 23.5 Å². The summed E-state index contributed by atoms with van der Waals surface area (Å²) in [6.07, 6.45) is -4.32. The fourth-order valence-corrected chi connectivity index (χ4v) is 2.17. The van der Waals surface area contributed by atoms with Crippen LogP contribution in [0.2, 0.25) is 0 Å². The van der Waals surface area contributed by atoms with E-state index in [1.165, 1.54) is 6.07 Å². The number of hydrogen-bond donors (Lipinski definition) is 2. The summed E-state index contributed by atoms with van der Waals surface area (Å²) in [7, 11) is 1.88. The molecule has 23 heavy (non-hydrogen) atoms. The van der Waals surface area contributed by atoms with Crippen molar-refractivity contribution in [1.82, 2.24) is 0 Å². The highest BCUT2D eigenvalue weighted by Gasteiger charge is 2.30.